The number of amides is 1. The molecule has 2 N–H and O–H groups in total. The van der Waals surface area contributed by atoms with Crippen LogP contribution in [0.2, 0.25) is 0 Å². The molecular weight excluding hydrogens is 204 g/mol. The molecule has 2 heterocycles. The van der Waals surface area contributed by atoms with Crippen LogP contribution < -0.4 is 5.73 Å². The molecule has 1 aromatic rings. The predicted octanol–water partition coefficient (Wildman–Crippen LogP) is 0.229. The Morgan fingerprint density at radius 3 is 2.94 bits per heavy atom. The van der Waals surface area contributed by atoms with Crippen LogP contribution in [0.3, 0.4) is 0 Å². The number of nitrogens with two attached hydrogens (primary N) is 1. The first kappa shape index (κ1) is 11.1. The van der Waals surface area contributed by atoms with Gasteiger partial charge in [-0.3, -0.25) is 4.79 Å². The molecule has 2 unspecified atom stereocenters. The first-order chi connectivity index (χ1) is 7.58. The summed E-state index contributed by atoms with van der Waals surface area (Å²) < 4.78 is 1.78. The fraction of sp³-hybridized carbons (Fsp3) is 0.636. The lowest BCUT2D eigenvalue weighted by Crippen LogP contribution is -2.49. The number of carbonyl (C=O) groups is 1. The zero-order valence-corrected chi connectivity index (χ0v) is 9.76. The Kier molecular flexibility index (Phi) is 2.96. The molecule has 1 saturated heterocycles. The monoisotopic (exact) mass is 222 g/mol. The minimum atomic E-state index is -0.0112. The SMILES string of the molecule is CC1CCN(C(=O)c2cn(C)cn2)CC1N. The first-order valence-corrected chi connectivity index (χ1v) is 5.60. The summed E-state index contributed by atoms with van der Waals surface area (Å²) in [6, 6.07) is 0.0846. The van der Waals surface area contributed by atoms with E-state index in [1.54, 1.807) is 22.0 Å². The van der Waals surface area contributed by atoms with Gasteiger partial charge in [0.1, 0.15) is 5.69 Å². The van der Waals surface area contributed by atoms with E-state index in [1.165, 1.54) is 0 Å². The van der Waals surface area contributed by atoms with Gasteiger partial charge in [0.05, 0.1) is 6.33 Å². The Morgan fingerprint density at radius 2 is 2.38 bits per heavy atom. The smallest absolute Gasteiger partial charge is 0.274 e. The van der Waals surface area contributed by atoms with Crippen molar-refractivity contribution in [2.24, 2.45) is 18.7 Å². The fourth-order valence-corrected chi connectivity index (χ4v) is 1.97. The van der Waals surface area contributed by atoms with Crippen molar-refractivity contribution >= 4 is 5.91 Å². The second kappa shape index (κ2) is 4.25. The number of nitrogens with zero attached hydrogens (tertiary/aromatic N) is 3. The number of hydrogen-bond donors (Lipinski definition) is 1. The Labute approximate surface area is 95.2 Å². The molecule has 2 atom stereocenters. The molecule has 1 aliphatic rings. The minimum absolute atomic E-state index is 0.0112. The van der Waals surface area contributed by atoms with E-state index >= 15 is 0 Å². The third-order valence-corrected chi connectivity index (χ3v) is 3.23. The molecule has 1 amide bonds. The van der Waals surface area contributed by atoms with Crippen LogP contribution in [-0.4, -0.2) is 39.5 Å². The average Bonchev–Trinajstić information content (AvgIpc) is 2.68. The van der Waals surface area contributed by atoms with Crippen LogP contribution in [0.4, 0.5) is 0 Å². The molecule has 5 heteroatoms. The summed E-state index contributed by atoms with van der Waals surface area (Å²) >= 11 is 0. The van der Waals surface area contributed by atoms with Gasteiger partial charge in [0.25, 0.3) is 5.91 Å². The van der Waals surface area contributed by atoms with Crippen LogP contribution in [0.5, 0.6) is 0 Å². The lowest BCUT2D eigenvalue weighted by atomic mass is 9.94. The number of aryl methyl sites for hydroxylation is 1. The summed E-state index contributed by atoms with van der Waals surface area (Å²) in [5.74, 6) is 0.482. The van der Waals surface area contributed by atoms with E-state index in [-0.39, 0.29) is 11.9 Å². The molecular formula is C11H18N4O. The van der Waals surface area contributed by atoms with E-state index in [0.717, 1.165) is 13.0 Å². The predicted molar refractivity (Wildman–Crippen MR) is 60.9 cm³/mol. The topological polar surface area (TPSA) is 64.2 Å². The molecule has 0 spiro atoms. The van der Waals surface area contributed by atoms with Gasteiger partial charge in [0, 0.05) is 32.4 Å². The molecule has 0 aromatic carbocycles. The van der Waals surface area contributed by atoms with Gasteiger partial charge in [-0.2, -0.15) is 0 Å². The molecule has 2 rings (SSSR count). The quantitative estimate of drug-likeness (QED) is 0.739. The van der Waals surface area contributed by atoms with Gasteiger partial charge >= 0.3 is 0 Å². The summed E-state index contributed by atoms with van der Waals surface area (Å²) in [4.78, 5) is 17.9. The normalized spacial score (nSPS) is 25.8. The van der Waals surface area contributed by atoms with E-state index in [0.29, 0.717) is 18.2 Å². The van der Waals surface area contributed by atoms with Gasteiger partial charge in [-0.25, -0.2) is 4.98 Å². The number of aromatic nitrogens is 2. The summed E-state index contributed by atoms with van der Waals surface area (Å²) in [6.07, 6.45) is 4.35. The zero-order chi connectivity index (χ0) is 11.7. The van der Waals surface area contributed by atoms with Gasteiger partial charge in [-0.1, -0.05) is 6.92 Å². The molecule has 0 saturated carbocycles. The number of piperidine rings is 1. The summed E-state index contributed by atoms with van der Waals surface area (Å²) in [5.41, 5.74) is 6.47. The Balaban J connectivity index is 2.06. The van der Waals surface area contributed by atoms with Crippen molar-refractivity contribution in [2.75, 3.05) is 13.1 Å². The van der Waals surface area contributed by atoms with Gasteiger partial charge in [-0.15, -0.1) is 0 Å². The van der Waals surface area contributed by atoms with Crippen molar-refractivity contribution in [2.45, 2.75) is 19.4 Å². The molecule has 5 nitrogen and oxygen atoms in total. The lowest BCUT2D eigenvalue weighted by molar-refractivity contribution is 0.0667. The third kappa shape index (κ3) is 2.09. The number of imidazole rings is 1. The second-order valence-corrected chi connectivity index (χ2v) is 4.61. The first-order valence-electron chi connectivity index (χ1n) is 5.60. The number of rotatable bonds is 1. The highest BCUT2D eigenvalue weighted by Crippen LogP contribution is 2.17. The molecule has 0 radical (unpaired) electrons. The van der Waals surface area contributed by atoms with Crippen LogP contribution >= 0.6 is 0 Å². The standard InChI is InChI=1S/C11H18N4O/c1-8-3-4-15(5-9(8)12)11(16)10-6-14(2)7-13-10/h6-9H,3-5,12H2,1-2H3. The lowest BCUT2D eigenvalue weighted by Gasteiger charge is -2.34. The molecule has 1 aliphatic heterocycles. The molecule has 88 valence electrons. The van der Waals surface area contributed by atoms with Crippen LogP contribution in [0.25, 0.3) is 0 Å². The van der Waals surface area contributed by atoms with Crippen molar-refractivity contribution in [3.63, 3.8) is 0 Å². The maximum atomic E-state index is 12.1. The maximum absolute atomic E-state index is 12.1. The molecule has 1 aromatic heterocycles. The molecule has 0 aliphatic carbocycles. The van der Waals surface area contributed by atoms with Gasteiger partial charge < -0.3 is 15.2 Å². The molecule has 16 heavy (non-hydrogen) atoms. The van der Waals surface area contributed by atoms with Crippen LogP contribution in [0.15, 0.2) is 12.5 Å². The summed E-state index contributed by atoms with van der Waals surface area (Å²) in [6.45, 7) is 3.55. The van der Waals surface area contributed by atoms with E-state index < -0.39 is 0 Å². The Morgan fingerprint density at radius 1 is 1.62 bits per heavy atom. The van der Waals surface area contributed by atoms with Crippen molar-refractivity contribution in [3.8, 4) is 0 Å². The number of carbonyl (C=O) groups excluding carboxylic acids is 1. The third-order valence-electron chi connectivity index (χ3n) is 3.23. The van der Waals surface area contributed by atoms with Crippen molar-refractivity contribution in [1.82, 2.24) is 14.5 Å². The van der Waals surface area contributed by atoms with Crippen LogP contribution in [0, 0.1) is 5.92 Å². The Hall–Kier alpha value is -1.36. The number of hydrogen-bond acceptors (Lipinski definition) is 3. The highest BCUT2D eigenvalue weighted by molar-refractivity contribution is 5.92. The van der Waals surface area contributed by atoms with Crippen molar-refractivity contribution in [1.29, 1.82) is 0 Å². The van der Waals surface area contributed by atoms with Gasteiger partial charge in [-0.05, 0) is 12.3 Å². The van der Waals surface area contributed by atoms with Crippen molar-refractivity contribution in [3.05, 3.63) is 18.2 Å². The van der Waals surface area contributed by atoms with E-state index in [9.17, 15) is 4.79 Å². The van der Waals surface area contributed by atoms with Crippen LogP contribution in [-0.2, 0) is 7.05 Å². The highest BCUT2D eigenvalue weighted by Gasteiger charge is 2.27. The van der Waals surface area contributed by atoms with Gasteiger partial charge in [0.15, 0.2) is 0 Å². The largest absolute Gasteiger partial charge is 0.340 e. The second-order valence-electron chi connectivity index (χ2n) is 4.61. The molecule has 0 bridgehead atoms. The number of likely N-dealkylation sites (tertiary alicyclic amines) is 1. The summed E-state index contributed by atoms with van der Waals surface area (Å²) in [5, 5.41) is 0. The highest BCUT2D eigenvalue weighted by atomic mass is 16.2. The minimum Gasteiger partial charge on any atom is -0.340 e. The maximum Gasteiger partial charge on any atom is 0.274 e. The fourth-order valence-electron chi connectivity index (χ4n) is 1.97. The molecule has 1 fully saturated rings. The van der Waals surface area contributed by atoms with Gasteiger partial charge in [0.2, 0.25) is 0 Å². The zero-order valence-electron chi connectivity index (χ0n) is 9.76. The Bertz CT molecular complexity index is 387. The van der Waals surface area contributed by atoms with Crippen molar-refractivity contribution < 1.29 is 4.79 Å². The van der Waals surface area contributed by atoms with E-state index in [1.807, 2.05) is 7.05 Å². The average molecular weight is 222 g/mol. The van der Waals surface area contributed by atoms with Crippen LogP contribution in [0.1, 0.15) is 23.8 Å². The van der Waals surface area contributed by atoms with E-state index in [2.05, 4.69) is 11.9 Å². The summed E-state index contributed by atoms with van der Waals surface area (Å²) in [7, 11) is 1.85. The van der Waals surface area contributed by atoms with E-state index in [4.69, 9.17) is 5.73 Å².